The number of aryl methyl sites for hydroxylation is 1. The number of aliphatic carboxylic acids is 1. The van der Waals surface area contributed by atoms with Gasteiger partial charge in [-0.25, -0.2) is 8.42 Å². The van der Waals surface area contributed by atoms with Crippen LogP contribution in [0, 0.1) is 5.41 Å². The van der Waals surface area contributed by atoms with Crippen LogP contribution in [-0.4, -0.2) is 46.7 Å². The molecule has 0 atom stereocenters. The molecule has 20 heavy (non-hydrogen) atoms. The third-order valence-corrected chi connectivity index (χ3v) is 5.98. The van der Waals surface area contributed by atoms with Crippen molar-refractivity contribution in [3.8, 4) is 0 Å². The first-order valence-electron chi connectivity index (χ1n) is 6.54. The summed E-state index contributed by atoms with van der Waals surface area (Å²) in [6.07, 6.45) is 3.97. The first-order chi connectivity index (χ1) is 9.32. The molecule has 0 radical (unpaired) electrons. The average Bonchev–Trinajstić information content (AvgIpc) is 2.86. The molecule has 1 saturated heterocycles. The van der Waals surface area contributed by atoms with Gasteiger partial charge in [-0.2, -0.15) is 9.40 Å². The van der Waals surface area contributed by atoms with Gasteiger partial charge in [-0.15, -0.1) is 0 Å². The van der Waals surface area contributed by atoms with Crippen molar-refractivity contribution in [1.82, 2.24) is 14.1 Å². The van der Waals surface area contributed by atoms with Crippen LogP contribution in [0.25, 0.3) is 0 Å². The van der Waals surface area contributed by atoms with Gasteiger partial charge in [0.2, 0.25) is 10.0 Å². The van der Waals surface area contributed by atoms with Gasteiger partial charge in [0.25, 0.3) is 0 Å². The predicted molar refractivity (Wildman–Crippen MR) is 71.6 cm³/mol. The maximum Gasteiger partial charge on any atom is 0.309 e. The largest absolute Gasteiger partial charge is 0.481 e. The second kappa shape index (κ2) is 5.17. The number of sulfonamides is 1. The van der Waals surface area contributed by atoms with E-state index in [2.05, 4.69) is 5.10 Å². The quantitative estimate of drug-likeness (QED) is 0.883. The van der Waals surface area contributed by atoms with Gasteiger partial charge in [0.1, 0.15) is 4.90 Å². The van der Waals surface area contributed by atoms with E-state index in [9.17, 15) is 18.3 Å². The Bertz CT molecular complexity index is 600. The van der Waals surface area contributed by atoms with E-state index >= 15 is 0 Å². The first kappa shape index (κ1) is 15.0. The second-order valence-electron chi connectivity index (χ2n) is 5.19. The average molecular weight is 301 g/mol. The van der Waals surface area contributed by atoms with Crippen LogP contribution in [0.15, 0.2) is 17.3 Å². The van der Waals surface area contributed by atoms with Gasteiger partial charge in [-0.05, 0) is 19.3 Å². The van der Waals surface area contributed by atoms with E-state index in [0.29, 0.717) is 19.3 Å². The summed E-state index contributed by atoms with van der Waals surface area (Å²) in [5.74, 6) is -0.835. The number of aromatic nitrogens is 2. The van der Waals surface area contributed by atoms with Crippen molar-refractivity contribution in [2.75, 3.05) is 13.1 Å². The van der Waals surface area contributed by atoms with Crippen LogP contribution in [0.3, 0.4) is 0 Å². The molecule has 0 spiro atoms. The smallest absolute Gasteiger partial charge is 0.309 e. The monoisotopic (exact) mass is 301 g/mol. The van der Waals surface area contributed by atoms with Gasteiger partial charge in [0.15, 0.2) is 0 Å². The lowest BCUT2D eigenvalue weighted by molar-refractivity contribution is -0.151. The van der Waals surface area contributed by atoms with E-state index in [0.717, 1.165) is 0 Å². The molecule has 1 N–H and O–H groups in total. The number of carbonyl (C=O) groups is 1. The third kappa shape index (κ3) is 2.45. The molecule has 0 bridgehead atoms. The zero-order valence-electron chi connectivity index (χ0n) is 11.6. The lowest BCUT2D eigenvalue weighted by atomic mass is 9.77. The molecule has 112 valence electrons. The number of hydrogen-bond donors (Lipinski definition) is 1. The molecule has 1 fully saturated rings. The lowest BCUT2D eigenvalue weighted by Crippen LogP contribution is -2.46. The summed E-state index contributed by atoms with van der Waals surface area (Å²) in [6, 6.07) is 0. The summed E-state index contributed by atoms with van der Waals surface area (Å²) in [4.78, 5) is 11.5. The summed E-state index contributed by atoms with van der Waals surface area (Å²) in [6.45, 7) is 2.30. The Morgan fingerprint density at radius 3 is 2.45 bits per heavy atom. The number of rotatable bonds is 4. The number of carboxylic acid groups (broad SMARTS) is 1. The molecule has 1 aromatic heterocycles. The summed E-state index contributed by atoms with van der Waals surface area (Å²) in [5, 5.41) is 13.2. The summed E-state index contributed by atoms with van der Waals surface area (Å²) >= 11 is 0. The van der Waals surface area contributed by atoms with Crippen molar-refractivity contribution in [3.05, 3.63) is 12.4 Å². The molecule has 0 amide bonds. The van der Waals surface area contributed by atoms with E-state index in [-0.39, 0.29) is 18.0 Å². The highest BCUT2D eigenvalue weighted by Gasteiger charge is 2.42. The zero-order valence-corrected chi connectivity index (χ0v) is 12.4. The molecule has 0 aromatic carbocycles. The second-order valence-corrected chi connectivity index (χ2v) is 7.13. The number of hydrogen-bond acceptors (Lipinski definition) is 4. The van der Waals surface area contributed by atoms with Crippen molar-refractivity contribution in [1.29, 1.82) is 0 Å². The molecule has 0 saturated carbocycles. The van der Waals surface area contributed by atoms with E-state index in [1.165, 1.54) is 21.4 Å². The van der Waals surface area contributed by atoms with Crippen LogP contribution < -0.4 is 0 Å². The fourth-order valence-electron chi connectivity index (χ4n) is 2.55. The fraction of sp³-hybridized carbons (Fsp3) is 0.667. The normalized spacial score (nSPS) is 19.9. The molecular weight excluding hydrogens is 282 g/mol. The highest BCUT2D eigenvalue weighted by Crippen LogP contribution is 2.36. The van der Waals surface area contributed by atoms with Crippen molar-refractivity contribution in [3.63, 3.8) is 0 Å². The Balaban J connectivity index is 2.16. The van der Waals surface area contributed by atoms with Crippen LogP contribution in [0.5, 0.6) is 0 Å². The van der Waals surface area contributed by atoms with Gasteiger partial charge in [-0.3, -0.25) is 9.48 Å². The maximum absolute atomic E-state index is 12.4. The standard InChI is InChI=1S/C12H19N3O4S/c1-3-12(11(16)17)4-6-15(7-5-12)20(18,19)10-8-13-14(2)9-10/h8-9H,3-7H2,1-2H3,(H,16,17). The molecule has 8 heteroatoms. The van der Waals surface area contributed by atoms with Crippen LogP contribution in [0.1, 0.15) is 26.2 Å². The van der Waals surface area contributed by atoms with Crippen LogP contribution in [0.4, 0.5) is 0 Å². The van der Waals surface area contributed by atoms with E-state index in [4.69, 9.17) is 0 Å². The molecule has 2 rings (SSSR count). The number of nitrogens with zero attached hydrogens (tertiary/aromatic N) is 3. The number of piperidine rings is 1. The van der Waals surface area contributed by atoms with Crippen LogP contribution in [0.2, 0.25) is 0 Å². The van der Waals surface area contributed by atoms with Crippen molar-refractivity contribution in [2.24, 2.45) is 12.5 Å². The van der Waals surface area contributed by atoms with E-state index in [1.54, 1.807) is 7.05 Å². The van der Waals surface area contributed by atoms with Crippen molar-refractivity contribution >= 4 is 16.0 Å². The van der Waals surface area contributed by atoms with Gasteiger partial charge in [0, 0.05) is 26.3 Å². The van der Waals surface area contributed by atoms with Crippen molar-refractivity contribution in [2.45, 2.75) is 31.1 Å². The zero-order chi connectivity index (χ0) is 15.0. The summed E-state index contributed by atoms with van der Waals surface area (Å²) < 4.78 is 27.6. The molecule has 0 aliphatic carbocycles. The maximum atomic E-state index is 12.4. The van der Waals surface area contributed by atoms with Gasteiger partial charge in [0.05, 0.1) is 11.6 Å². The minimum Gasteiger partial charge on any atom is -0.481 e. The first-order valence-corrected chi connectivity index (χ1v) is 7.98. The predicted octanol–water partition coefficient (Wildman–Crippen LogP) is 0.686. The van der Waals surface area contributed by atoms with E-state index in [1.807, 2.05) is 6.92 Å². The van der Waals surface area contributed by atoms with Gasteiger partial charge in [-0.1, -0.05) is 6.92 Å². The molecule has 1 aliphatic heterocycles. The van der Waals surface area contributed by atoms with E-state index < -0.39 is 21.4 Å². The topological polar surface area (TPSA) is 92.5 Å². The Labute approximate surface area is 118 Å². The molecular formula is C12H19N3O4S. The van der Waals surface area contributed by atoms with Crippen LogP contribution >= 0.6 is 0 Å². The Morgan fingerprint density at radius 2 is 2.05 bits per heavy atom. The minimum atomic E-state index is -3.57. The van der Waals surface area contributed by atoms with Gasteiger partial charge < -0.3 is 5.11 Å². The van der Waals surface area contributed by atoms with Crippen molar-refractivity contribution < 1.29 is 18.3 Å². The van der Waals surface area contributed by atoms with Crippen LogP contribution in [-0.2, 0) is 21.9 Å². The SMILES string of the molecule is CCC1(C(=O)O)CCN(S(=O)(=O)c2cnn(C)c2)CC1. The molecule has 2 heterocycles. The Kier molecular flexibility index (Phi) is 3.88. The highest BCUT2D eigenvalue weighted by atomic mass is 32.2. The number of carboxylic acids is 1. The fourth-order valence-corrected chi connectivity index (χ4v) is 3.98. The molecule has 0 unspecified atom stereocenters. The minimum absolute atomic E-state index is 0.152. The summed E-state index contributed by atoms with van der Waals surface area (Å²) in [7, 11) is -1.91. The third-order valence-electron chi connectivity index (χ3n) is 4.13. The Hall–Kier alpha value is -1.41. The lowest BCUT2D eigenvalue weighted by Gasteiger charge is -2.37. The molecule has 1 aromatic rings. The highest BCUT2D eigenvalue weighted by molar-refractivity contribution is 7.89. The molecule has 7 nitrogen and oxygen atoms in total. The molecule has 1 aliphatic rings. The van der Waals surface area contributed by atoms with Gasteiger partial charge >= 0.3 is 5.97 Å². The Morgan fingerprint density at radius 1 is 1.45 bits per heavy atom. The summed E-state index contributed by atoms with van der Waals surface area (Å²) in [5.41, 5.74) is -0.791.